The van der Waals surface area contributed by atoms with Crippen LogP contribution in [0.2, 0.25) is 0 Å². The van der Waals surface area contributed by atoms with E-state index in [-0.39, 0.29) is 11.7 Å². The smallest absolute Gasteiger partial charge is 0.204 e. The summed E-state index contributed by atoms with van der Waals surface area (Å²) in [6.07, 6.45) is 5.22. The molecule has 0 radical (unpaired) electrons. The Morgan fingerprint density at radius 2 is 1.96 bits per heavy atom. The van der Waals surface area contributed by atoms with Crippen LogP contribution in [-0.2, 0) is 23.7 Å². The molecule has 1 spiro atoms. The summed E-state index contributed by atoms with van der Waals surface area (Å²) in [5, 5.41) is 0. The molecule has 1 saturated carbocycles. The van der Waals surface area contributed by atoms with Crippen LogP contribution in [0.25, 0.3) is 0 Å². The van der Waals surface area contributed by atoms with Crippen LogP contribution in [0.15, 0.2) is 23.3 Å². The molecule has 0 N–H and O–H groups in total. The highest BCUT2D eigenvalue weighted by atomic mass is 16.7. The van der Waals surface area contributed by atoms with Gasteiger partial charge in [0.1, 0.15) is 5.60 Å². The van der Waals surface area contributed by atoms with E-state index in [1.165, 1.54) is 0 Å². The van der Waals surface area contributed by atoms with Crippen LogP contribution in [0.5, 0.6) is 0 Å². The average Bonchev–Trinajstić information content (AvgIpc) is 2.70. The predicted octanol–water partition coefficient (Wildman–Crippen LogP) is 3.33. The molecule has 144 valence electrons. The number of carbonyl (C=O) groups excluding carboxylic acids is 1. The van der Waals surface area contributed by atoms with Crippen LogP contribution in [0.4, 0.5) is 0 Å². The third-order valence-corrected chi connectivity index (χ3v) is 6.69. The lowest BCUT2D eigenvalue weighted by molar-refractivity contribution is -0.300. The molecule has 4 atom stereocenters. The van der Waals surface area contributed by atoms with Crippen LogP contribution in [0, 0.1) is 5.92 Å². The van der Waals surface area contributed by atoms with Gasteiger partial charge in [0.25, 0.3) is 0 Å². The molecule has 5 heteroatoms. The van der Waals surface area contributed by atoms with E-state index in [2.05, 4.69) is 26.0 Å². The minimum atomic E-state index is -1.07. The molecule has 26 heavy (non-hydrogen) atoms. The van der Waals surface area contributed by atoms with Gasteiger partial charge in [-0.05, 0) is 59.6 Å². The van der Waals surface area contributed by atoms with Crippen molar-refractivity contribution in [3.8, 4) is 0 Å². The minimum Gasteiger partial charge on any atom is -0.370 e. The van der Waals surface area contributed by atoms with Crippen LogP contribution in [-0.4, -0.2) is 47.7 Å². The van der Waals surface area contributed by atoms with Gasteiger partial charge in [0.05, 0.1) is 12.2 Å². The van der Waals surface area contributed by atoms with Gasteiger partial charge >= 0.3 is 0 Å². The lowest BCUT2D eigenvalue weighted by atomic mass is 9.51. The lowest BCUT2D eigenvalue weighted by Crippen LogP contribution is -2.76. The van der Waals surface area contributed by atoms with E-state index in [0.717, 1.165) is 11.1 Å². The van der Waals surface area contributed by atoms with Crippen molar-refractivity contribution in [1.29, 1.82) is 0 Å². The van der Waals surface area contributed by atoms with Gasteiger partial charge in [0, 0.05) is 19.4 Å². The number of carbonyl (C=O) groups is 1. The number of ketones is 1. The predicted molar refractivity (Wildman–Crippen MR) is 96.7 cm³/mol. The summed E-state index contributed by atoms with van der Waals surface area (Å²) >= 11 is 0. The Labute approximate surface area is 155 Å². The Morgan fingerprint density at radius 1 is 1.27 bits per heavy atom. The maximum absolute atomic E-state index is 14.0. The third-order valence-electron chi connectivity index (χ3n) is 6.69. The molecular formula is C21H30O5. The van der Waals surface area contributed by atoms with Crippen molar-refractivity contribution in [1.82, 2.24) is 0 Å². The van der Waals surface area contributed by atoms with Crippen molar-refractivity contribution in [2.24, 2.45) is 5.92 Å². The second kappa shape index (κ2) is 5.07. The zero-order chi connectivity index (χ0) is 19.2. The van der Waals surface area contributed by atoms with Gasteiger partial charge in [-0.1, -0.05) is 11.6 Å². The van der Waals surface area contributed by atoms with Gasteiger partial charge < -0.3 is 18.9 Å². The van der Waals surface area contributed by atoms with Crippen LogP contribution in [0.1, 0.15) is 54.4 Å². The maximum Gasteiger partial charge on any atom is 0.204 e. The van der Waals surface area contributed by atoms with Gasteiger partial charge in [-0.3, -0.25) is 4.79 Å². The molecule has 5 nitrogen and oxygen atoms in total. The SMILES string of the molecule is CO[C@]12C=C3COC(C)(C)O[C@]34C[C@H]1C(C)(C)OC2(CC=C(C)C)C4=O. The minimum absolute atomic E-state index is 0.0138. The Balaban J connectivity index is 1.97. The molecule has 2 saturated heterocycles. The molecule has 5 rings (SSSR count). The topological polar surface area (TPSA) is 54.0 Å². The number of allylic oxidation sites excluding steroid dienone is 1. The van der Waals surface area contributed by atoms with E-state index in [0.29, 0.717) is 19.4 Å². The lowest BCUT2D eigenvalue weighted by Gasteiger charge is -2.60. The Hall–Kier alpha value is -1.01. The standard InChI is InChI=1S/C21H30O5/c1-13(2)8-9-20-16(22)19-11-15(17(3,4)25-20)21(20,23-7)10-14(19)12-24-18(5,6)26-19/h8,10,15H,9,11-12H2,1-7H3/t15-,19+,20?,21+/m0/s1. The summed E-state index contributed by atoms with van der Waals surface area (Å²) in [6.45, 7) is 12.3. The number of hydrogen-bond donors (Lipinski definition) is 0. The molecule has 3 fully saturated rings. The Morgan fingerprint density at radius 3 is 2.58 bits per heavy atom. The molecule has 0 aromatic heterocycles. The van der Waals surface area contributed by atoms with E-state index in [1.54, 1.807) is 7.11 Å². The normalized spacial score (nSPS) is 44.5. The van der Waals surface area contributed by atoms with Gasteiger partial charge in [-0.15, -0.1) is 0 Å². The number of hydrogen-bond acceptors (Lipinski definition) is 5. The van der Waals surface area contributed by atoms with E-state index in [4.69, 9.17) is 18.9 Å². The summed E-state index contributed by atoms with van der Waals surface area (Å²) in [5.41, 5.74) is -1.28. The summed E-state index contributed by atoms with van der Waals surface area (Å²) in [6, 6.07) is 0. The zero-order valence-corrected chi connectivity index (χ0v) is 16.9. The van der Waals surface area contributed by atoms with Crippen molar-refractivity contribution in [3.05, 3.63) is 23.3 Å². The first kappa shape index (κ1) is 18.4. The van der Waals surface area contributed by atoms with Gasteiger partial charge in [-0.2, -0.15) is 0 Å². The fraction of sp³-hybridized carbons (Fsp3) is 0.762. The highest BCUT2D eigenvalue weighted by molar-refractivity contribution is 6.03. The molecule has 5 aliphatic rings. The fourth-order valence-electron chi connectivity index (χ4n) is 5.62. The first-order valence-corrected chi connectivity index (χ1v) is 9.45. The zero-order valence-electron chi connectivity index (χ0n) is 16.9. The van der Waals surface area contributed by atoms with Crippen molar-refractivity contribution < 1.29 is 23.7 Å². The second-order valence-corrected chi connectivity index (χ2v) is 9.39. The van der Waals surface area contributed by atoms with Gasteiger partial charge in [-0.25, -0.2) is 0 Å². The van der Waals surface area contributed by atoms with E-state index in [1.807, 2.05) is 27.7 Å². The number of ether oxygens (including phenoxy) is 4. The van der Waals surface area contributed by atoms with E-state index in [9.17, 15) is 4.79 Å². The maximum atomic E-state index is 14.0. The average molecular weight is 362 g/mol. The highest BCUT2D eigenvalue weighted by Crippen LogP contribution is 2.67. The van der Waals surface area contributed by atoms with Crippen molar-refractivity contribution in [2.75, 3.05) is 13.7 Å². The number of rotatable bonds is 3. The molecule has 0 amide bonds. The van der Waals surface area contributed by atoms with Crippen LogP contribution in [0.3, 0.4) is 0 Å². The largest absolute Gasteiger partial charge is 0.370 e. The van der Waals surface area contributed by atoms with Crippen LogP contribution >= 0.6 is 0 Å². The Kier molecular flexibility index (Phi) is 3.58. The molecule has 1 unspecified atom stereocenters. The summed E-state index contributed by atoms with van der Waals surface area (Å²) in [7, 11) is 1.69. The van der Waals surface area contributed by atoms with Crippen molar-refractivity contribution in [2.45, 2.75) is 82.6 Å². The third kappa shape index (κ3) is 1.98. The van der Waals surface area contributed by atoms with Crippen LogP contribution < -0.4 is 0 Å². The molecule has 2 aliphatic heterocycles. The molecular weight excluding hydrogens is 332 g/mol. The summed E-state index contributed by atoms with van der Waals surface area (Å²) in [5.74, 6) is -0.792. The van der Waals surface area contributed by atoms with Crippen molar-refractivity contribution >= 4 is 5.78 Å². The highest BCUT2D eigenvalue weighted by Gasteiger charge is 2.82. The monoisotopic (exact) mass is 362 g/mol. The summed E-state index contributed by atoms with van der Waals surface area (Å²) in [4.78, 5) is 14.0. The number of Topliss-reactive ketones (excluding diaryl/α,β-unsaturated/α-hetero) is 1. The first-order chi connectivity index (χ1) is 11.9. The molecule has 0 aromatic carbocycles. The van der Waals surface area contributed by atoms with E-state index >= 15 is 0 Å². The van der Waals surface area contributed by atoms with Crippen molar-refractivity contribution in [3.63, 3.8) is 0 Å². The molecule has 3 aliphatic carbocycles. The first-order valence-electron chi connectivity index (χ1n) is 9.45. The summed E-state index contributed by atoms with van der Waals surface area (Å²) < 4.78 is 24.9. The van der Waals surface area contributed by atoms with Gasteiger partial charge in [0.15, 0.2) is 17.0 Å². The molecule has 0 aromatic rings. The number of methoxy groups -OCH3 is 1. The molecule has 4 bridgehead atoms. The quantitative estimate of drug-likeness (QED) is 0.721. The molecule has 2 heterocycles. The Bertz CT molecular complexity index is 729. The second-order valence-electron chi connectivity index (χ2n) is 9.39. The van der Waals surface area contributed by atoms with Gasteiger partial charge in [0.2, 0.25) is 5.78 Å². The fourth-order valence-corrected chi connectivity index (χ4v) is 5.62. The van der Waals surface area contributed by atoms with E-state index < -0.39 is 28.2 Å².